The van der Waals surface area contributed by atoms with Crippen molar-refractivity contribution in [2.75, 3.05) is 0 Å². The van der Waals surface area contributed by atoms with Gasteiger partial charge in [-0.3, -0.25) is 14.2 Å². The van der Waals surface area contributed by atoms with E-state index in [-0.39, 0.29) is 18.0 Å². The molecule has 112 valence electrons. The fourth-order valence-corrected chi connectivity index (χ4v) is 2.56. The maximum atomic E-state index is 12.0. The number of nitrogens with one attached hydrogen (secondary N) is 1. The van der Waals surface area contributed by atoms with Gasteiger partial charge in [-0.2, -0.15) is 0 Å². The summed E-state index contributed by atoms with van der Waals surface area (Å²) < 4.78 is 6.45. The van der Waals surface area contributed by atoms with E-state index in [0.29, 0.717) is 18.0 Å². The van der Waals surface area contributed by atoms with E-state index < -0.39 is 0 Å². The highest BCUT2D eigenvalue weighted by molar-refractivity contribution is 7.09. The molecule has 0 aliphatic heterocycles. The van der Waals surface area contributed by atoms with Gasteiger partial charge >= 0.3 is 0 Å². The summed E-state index contributed by atoms with van der Waals surface area (Å²) in [6, 6.07) is 8.66. The lowest BCUT2D eigenvalue weighted by molar-refractivity contribution is -0.121. The van der Waals surface area contributed by atoms with Crippen molar-refractivity contribution < 1.29 is 9.21 Å². The van der Waals surface area contributed by atoms with Gasteiger partial charge in [0.25, 0.3) is 5.56 Å². The molecular weight excluding hydrogens is 302 g/mol. The zero-order chi connectivity index (χ0) is 15.4. The van der Waals surface area contributed by atoms with Gasteiger partial charge in [0.05, 0.1) is 19.1 Å². The smallest absolute Gasteiger partial charge is 0.254 e. The second kappa shape index (κ2) is 6.40. The summed E-state index contributed by atoms with van der Waals surface area (Å²) in [5.74, 6) is 0.287. The van der Waals surface area contributed by atoms with Gasteiger partial charge in [-0.05, 0) is 23.6 Å². The highest BCUT2D eigenvalue weighted by atomic mass is 32.1. The minimum Gasteiger partial charge on any atom is -0.463 e. The number of furan rings is 1. The van der Waals surface area contributed by atoms with Gasteiger partial charge < -0.3 is 9.73 Å². The molecule has 7 heteroatoms. The lowest BCUT2D eigenvalue weighted by Crippen LogP contribution is -2.31. The molecule has 0 aliphatic rings. The van der Waals surface area contributed by atoms with Crippen molar-refractivity contribution in [1.29, 1.82) is 0 Å². The average Bonchev–Trinajstić information content (AvgIpc) is 3.20. The van der Waals surface area contributed by atoms with Crippen LogP contribution in [0.1, 0.15) is 4.88 Å². The van der Waals surface area contributed by atoms with E-state index in [9.17, 15) is 9.59 Å². The molecule has 1 N–H and O–H groups in total. The first-order chi connectivity index (χ1) is 10.7. The van der Waals surface area contributed by atoms with Crippen LogP contribution in [-0.4, -0.2) is 15.5 Å². The Hall–Kier alpha value is -2.67. The van der Waals surface area contributed by atoms with E-state index in [1.165, 1.54) is 23.2 Å². The lowest BCUT2D eigenvalue weighted by Gasteiger charge is -2.06. The molecule has 3 aromatic rings. The largest absolute Gasteiger partial charge is 0.463 e. The number of nitrogens with zero attached hydrogens (tertiary/aromatic N) is 2. The number of carbonyl (C=O) groups is 1. The molecule has 3 rings (SSSR count). The van der Waals surface area contributed by atoms with Crippen LogP contribution in [0.25, 0.3) is 11.5 Å². The molecule has 0 spiro atoms. The van der Waals surface area contributed by atoms with Gasteiger partial charge in [-0.25, -0.2) is 4.98 Å². The van der Waals surface area contributed by atoms with Gasteiger partial charge in [0.2, 0.25) is 5.91 Å². The Morgan fingerprint density at radius 3 is 2.95 bits per heavy atom. The molecule has 3 heterocycles. The van der Waals surface area contributed by atoms with Crippen LogP contribution in [0.4, 0.5) is 0 Å². The molecule has 0 radical (unpaired) electrons. The first-order valence-electron chi connectivity index (χ1n) is 6.62. The maximum absolute atomic E-state index is 12.0. The van der Waals surface area contributed by atoms with Crippen molar-refractivity contribution in [3.8, 4) is 11.5 Å². The van der Waals surface area contributed by atoms with Crippen molar-refractivity contribution in [3.63, 3.8) is 0 Å². The normalized spacial score (nSPS) is 10.5. The van der Waals surface area contributed by atoms with E-state index >= 15 is 0 Å². The lowest BCUT2D eigenvalue weighted by atomic mass is 10.3. The predicted molar refractivity (Wildman–Crippen MR) is 82.4 cm³/mol. The van der Waals surface area contributed by atoms with Crippen LogP contribution in [0.5, 0.6) is 0 Å². The Morgan fingerprint density at radius 1 is 1.36 bits per heavy atom. The van der Waals surface area contributed by atoms with Gasteiger partial charge in [0.15, 0.2) is 5.76 Å². The van der Waals surface area contributed by atoms with Crippen LogP contribution in [0.3, 0.4) is 0 Å². The van der Waals surface area contributed by atoms with Gasteiger partial charge in [0, 0.05) is 10.9 Å². The molecule has 0 atom stereocenters. The number of amides is 1. The van der Waals surface area contributed by atoms with Crippen LogP contribution in [0, 0.1) is 0 Å². The minimum atomic E-state index is -0.298. The summed E-state index contributed by atoms with van der Waals surface area (Å²) >= 11 is 1.57. The Kier molecular flexibility index (Phi) is 4.15. The first kappa shape index (κ1) is 14.3. The van der Waals surface area contributed by atoms with Crippen molar-refractivity contribution in [3.05, 3.63) is 63.5 Å². The highest BCUT2D eigenvalue weighted by Crippen LogP contribution is 2.14. The molecule has 22 heavy (non-hydrogen) atoms. The second-order valence-corrected chi connectivity index (χ2v) is 5.61. The molecule has 0 saturated carbocycles. The third-order valence-corrected chi connectivity index (χ3v) is 3.88. The Labute approximate surface area is 130 Å². The third kappa shape index (κ3) is 3.32. The van der Waals surface area contributed by atoms with Crippen molar-refractivity contribution in [2.45, 2.75) is 13.1 Å². The SMILES string of the molecule is O=C(Cn1cnc(-c2ccco2)cc1=O)NCc1cccs1. The molecule has 1 amide bonds. The summed E-state index contributed by atoms with van der Waals surface area (Å²) in [6.07, 6.45) is 2.87. The standard InChI is InChI=1S/C15H13N3O3S/c19-14(16-8-11-3-2-6-22-11)9-18-10-17-12(7-15(18)20)13-4-1-5-21-13/h1-7,10H,8-9H2,(H,16,19). The zero-order valence-corrected chi connectivity index (χ0v) is 12.4. The Morgan fingerprint density at radius 2 is 2.27 bits per heavy atom. The average molecular weight is 315 g/mol. The van der Waals surface area contributed by atoms with Crippen LogP contribution in [0.2, 0.25) is 0 Å². The summed E-state index contributed by atoms with van der Waals surface area (Å²) in [7, 11) is 0. The number of hydrogen-bond acceptors (Lipinski definition) is 5. The van der Waals surface area contributed by atoms with Crippen LogP contribution in [0.15, 0.2) is 57.5 Å². The van der Waals surface area contributed by atoms with Crippen molar-refractivity contribution >= 4 is 17.2 Å². The van der Waals surface area contributed by atoms with Gasteiger partial charge in [-0.1, -0.05) is 6.07 Å². The van der Waals surface area contributed by atoms with Gasteiger partial charge in [-0.15, -0.1) is 11.3 Å². The highest BCUT2D eigenvalue weighted by Gasteiger charge is 2.08. The van der Waals surface area contributed by atoms with E-state index in [2.05, 4.69) is 10.3 Å². The monoisotopic (exact) mass is 315 g/mol. The Bertz CT molecular complexity index is 807. The summed E-state index contributed by atoms with van der Waals surface area (Å²) in [5.41, 5.74) is 0.151. The zero-order valence-electron chi connectivity index (χ0n) is 11.6. The molecule has 3 aromatic heterocycles. The maximum Gasteiger partial charge on any atom is 0.254 e. The molecule has 0 unspecified atom stereocenters. The van der Waals surface area contributed by atoms with Crippen molar-refractivity contribution in [2.24, 2.45) is 0 Å². The molecule has 6 nitrogen and oxygen atoms in total. The number of aromatic nitrogens is 2. The quantitative estimate of drug-likeness (QED) is 0.780. The first-order valence-corrected chi connectivity index (χ1v) is 7.50. The predicted octanol–water partition coefficient (Wildman–Crippen LogP) is 1.88. The van der Waals surface area contributed by atoms with E-state index in [1.807, 2.05) is 17.5 Å². The molecule has 0 bridgehead atoms. The van der Waals surface area contributed by atoms with Gasteiger partial charge in [0.1, 0.15) is 12.2 Å². The molecule has 0 aliphatic carbocycles. The van der Waals surface area contributed by atoms with Crippen LogP contribution in [-0.2, 0) is 17.9 Å². The summed E-state index contributed by atoms with van der Waals surface area (Å²) in [4.78, 5) is 29.1. The van der Waals surface area contributed by atoms with E-state index in [4.69, 9.17) is 4.42 Å². The summed E-state index contributed by atoms with van der Waals surface area (Å²) in [6.45, 7) is 0.402. The number of thiophene rings is 1. The van der Waals surface area contributed by atoms with E-state index in [0.717, 1.165) is 4.88 Å². The fraction of sp³-hybridized carbons (Fsp3) is 0.133. The molecule has 0 fully saturated rings. The number of carbonyl (C=O) groups excluding carboxylic acids is 1. The number of hydrogen-bond donors (Lipinski definition) is 1. The minimum absolute atomic E-state index is 0.0599. The number of rotatable bonds is 5. The Balaban J connectivity index is 1.65. The van der Waals surface area contributed by atoms with E-state index in [1.54, 1.807) is 23.5 Å². The third-order valence-electron chi connectivity index (χ3n) is 3.01. The van der Waals surface area contributed by atoms with Crippen LogP contribution < -0.4 is 10.9 Å². The van der Waals surface area contributed by atoms with Crippen molar-refractivity contribution in [1.82, 2.24) is 14.9 Å². The molecule has 0 saturated heterocycles. The second-order valence-electron chi connectivity index (χ2n) is 4.57. The topological polar surface area (TPSA) is 77.1 Å². The fourth-order valence-electron chi connectivity index (χ4n) is 1.91. The molecule has 0 aromatic carbocycles. The van der Waals surface area contributed by atoms with Crippen LogP contribution >= 0.6 is 11.3 Å². The summed E-state index contributed by atoms with van der Waals surface area (Å²) in [5, 5.41) is 4.72. The molecular formula is C15H13N3O3S.